The molecule has 3 rings (SSSR count). The molecule has 0 atom stereocenters. The number of carbonyl (C=O) groups is 3. The molecule has 0 radical (unpaired) electrons. The summed E-state index contributed by atoms with van der Waals surface area (Å²) < 4.78 is 1.94. The highest BCUT2D eigenvalue weighted by Gasteiger charge is 2.31. The summed E-state index contributed by atoms with van der Waals surface area (Å²) in [4.78, 5) is 42.1. The fourth-order valence-corrected chi connectivity index (χ4v) is 3.83. The largest absolute Gasteiger partial charge is 0.357 e. The van der Waals surface area contributed by atoms with Crippen LogP contribution in [-0.2, 0) is 27.9 Å². The van der Waals surface area contributed by atoms with E-state index in [1.165, 1.54) is 0 Å². The number of likely N-dealkylation sites (tertiary alicyclic amines) is 1. The van der Waals surface area contributed by atoms with Crippen molar-refractivity contribution in [3.8, 4) is 0 Å². The fraction of sp³-hybridized carbons (Fsp3) is 0.632. The topological polar surface area (TPSA) is 65.9 Å². The first-order chi connectivity index (χ1) is 12.4. The number of hydrogen-bond donors (Lipinski definition) is 0. The number of carbonyl (C=O) groups excluding carboxylic acids is 3. The highest BCUT2D eigenvalue weighted by Crippen LogP contribution is 2.20. The molecule has 142 valence electrons. The van der Waals surface area contributed by atoms with Gasteiger partial charge in [-0.2, -0.15) is 0 Å². The molecular weight excluding hydrogens is 332 g/mol. The number of rotatable bonds is 3. The summed E-state index contributed by atoms with van der Waals surface area (Å²) in [6.07, 6.45) is 5.80. The lowest BCUT2D eigenvalue weighted by molar-refractivity contribution is -0.144. The Labute approximate surface area is 154 Å². The lowest BCUT2D eigenvalue weighted by atomic mass is 9.95. The van der Waals surface area contributed by atoms with Crippen LogP contribution >= 0.6 is 0 Å². The molecule has 2 aliphatic rings. The van der Waals surface area contributed by atoms with Gasteiger partial charge in [-0.1, -0.05) is 0 Å². The smallest absolute Gasteiger partial charge is 0.227 e. The van der Waals surface area contributed by atoms with Gasteiger partial charge in [0.15, 0.2) is 0 Å². The van der Waals surface area contributed by atoms with Crippen LogP contribution in [0, 0.1) is 5.92 Å². The molecule has 2 saturated heterocycles. The third-order valence-electron chi connectivity index (χ3n) is 5.48. The van der Waals surface area contributed by atoms with Crippen LogP contribution in [-0.4, -0.2) is 76.3 Å². The quantitative estimate of drug-likeness (QED) is 0.788. The lowest BCUT2D eigenvalue weighted by Gasteiger charge is -2.38. The van der Waals surface area contributed by atoms with Gasteiger partial charge >= 0.3 is 0 Å². The van der Waals surface area contributed by atoms with Gasteiger partial charge in [0.05, 0.1) is 6.42 Å². The van der Waals surface area contributed by atoms with Crippen LogP contribution in [0.4, 0.5) is 0 Å². The minimum atomic E-state index is 0.0113. The van der Waals surface area contributed by atoms with E-state index in [0.29, 0.717) is 45.7 Å². The van der Waals surface area contributed by atoms with Gasteiger partial charge in [-0.05, 0) is 24.5 Å². The monoisotopic (exact) mass is 360 g/mol. The Bertz CT molecular complexity index is 668. The second-order valence-corrected chi connectivity index (χ2v) is 7.35. The molecule has 1 aromatic heterocycles. The first-order valence-corrected chi connectivity index (χ1v) is 9.37. The molecule has 7 heteroatoms. The van der Waals surface area contributed by atoms with E-state index in [-0.39, 0.29) is 23.6 Å². The minimum absolute atomic E-state index is 0.0113. The molecule has 3 amide bonds. The Morgan fingerprint density at radius 3 is 2.12 bits per heavy atom. The van der Waals surface area contributed by atoms with E-state index < -0.39 is 0 Å². The summed E-state index contributed by atoms with van der Waals surface area (Å²) in [7, 11) is 1.94. The predicted molar refractivity (Wildman–Crippen MR) is 97.3 cm³/mol. The van der Waals surface area contributed by atoms with Crippen molar-refractivity contribution in [2.24, 2.45) is 13.0 Å². The van der Waals surface area contributed by atoms with E-state index in [1.807, 2.05) is 44.8 Å². The maximum absolute atomic E-state index is 12.7. The van der Waals surface area contributed by atoms with Gasteiger partial charge in [0.1, 0.15) is 0 Å². The molecule has 0 spiro atoms. The van der Waals surface area contributed by atoms with E-state index in [1.54, 1.807) is 6.92 Å². The molecule has 2 aliphatic heterocycles. The number of amides is 3. The summed E-state index contributed by atoms with van der Waals surface area (Å²) in [6.45, 7) is 5.32. The van der Waals surface area contributed by atoms with Crippen LogP contribution in [0.3, 0.4) is 0 Å². The molecule has 0 bridgehead atoms. The molecule has 1 aromatic rings. The average molecular weight is 360 g/mol. The second-order valence-electron chi connectivity index (χ2n) is 7.35. The normalized spacial score (nSPS) is 18.9. The predicted octanol–water partition coefficient (Wildman–Crippen LogP) is 0.497. The van der Waals surface area contributed by atoms with Crippen LogP contribution in [0.5, 0.6) is 0 Å². The molecule has 26 heavy (non-hydrogen) atoms. The van der Waals surface area contributed by atoms with E-state index in [9.17, 15) is 14.4 Å². The van der Waals surface area contributed by atoms with Gasteiger partial charge in [-0.3, -0.25) is 14.4 Å². The van der Waals surface area contributed by atoms with Gasteiger partial charge in [0.25, 0.3) is 0 Å². The molecule has 7 nitrogen and oxygen atoms in total. The number of aromatic nitrogens is 1. The zero-order valence-electron chi connectivity index (χ0n) is 15.7. The first kappa shape index (κ1) is 18.5. The van der Waals surface area contributed by atoms with Crippen LogP contribution in [0.15, 0.2) is 18.5 Å². The van der Waals surface area contributed by atoms with Gasteiger partial charge < -0.3 is 19.3 Å². The fourth-order valence-electron chi connectivity index (χ4n) is 3.83. The molecule has 0 N–H and O–H groups in total. The number of piperazine rings is 1. The Morgan fingerprint density at radius 1 is 0.962 bits per heavy atom. The van der Waals surface area contributed by atoms with Crippen molar-refractivity contribution in [1.82, 2.24) is 19.3 Å². The number of aryl methyl sites for hydroxylation is 1. The lowest BCUT2D eigenvalue weighted by Crippen LogP contribution is -2.53. The summed E-state index contributed by atoms with van der Waals surface area (Å²) >= 11 is 0. The van der Waals surface area contributed by atoms with Gasteiger partial charge in [-0.25, -0.2) is 0 Å². The van der Waals surface area contributed by atoms with E-state index in [0.717, 1.165) is 18.4 Å². The SMILES string of the molecule is CC(=O)N1CCC(C(=O)N2CCN(C(=O)Cc3ccn(C)c3)CC2)CC1. The highest BCUT2D eigenvalue weighted by molar-refractivity contribution is 5.81. The Hall–Kier alpha value is -2.31. The van der Waals surface area contributed by atoms with E-state index >= 15 is 0 Å². The zero-order chi connectivity index (χ0) is 18.7. The molecule has 3 heterocycles. The zero-order valence-corrected chi connectivity index (χ0v) is 15.7. The third-order valence-corrected chi connectivity index (χ3v) is 5.48. The molecule has 0 aromatic carbocycles. The number of hydrogen-bond acceptors (Lipinski definition) is 3. The summed E-state index contributed by atoms with van der Waals surface area (Å²) in [5.74, 6) is 0.403. The molecule has 2 fully saturated rings. The maximum atomic E-state index is 12.7. The van der Waals surface area contributed by atoms with Crippen molar-refractivity contribution in [2.75, 3.05) is 39.3 Å². The number of piperidine rings is 1. The minimum Gasteiger partial charge on any atom is -0.357 e. The summed E-state index contributed by atoms with van der Waals surface area (Å²) in [6, 6.07) is 1.96. The van der Waals surface area contributed by atoms with Gasteiger partial charge in [0, 0.05) is 71.6 Å². The first-order valence-electron chi connectivity index (χ1n) is 9.37. The van der Waals surface area contributed by atoms with Crippen molar-refractivity contribution < 1.29 is 14.4 Å². The van der Waals surface area contributed by atoms with Gasteiger partial charge in [0.2, 0.25) is 17.7 Å². The molecule has 0 unspecified atom stereocenters. The Kier molecular flexibility index (Phi) is 5.64. The third kappa shape index (κ3) is 4.26. The van der Waals surface area contributed by atoms with E-state index in [4.69, 9.17) is 0 Å². The summed E-state index contributed by atoms with van der Waals surface area (Å²) in [5.41, 5.74) is 1.02. The molecule has 0 saturated carbocycles. The second kappa shape index (κ2) is 7.93. The van der Waals surface area contributed by atoms with Crippen molar-refractivity contribution in [1.29, 1.82) is 0 Å². The number of nitrogens with zero attached hydrogens (tertiary/aromatic N) is 4. The standard InChI is InChI=1S/C19H28N4O3/c1-15(24)21-7-4-17(5-8-21)19(26)23-11-9-22(10-12-23)18(25)13-16-3-6-20(2)14-16/h3,6,14,17H,4-5,7-13H2,1-2H3. The van der Waals surface area contributed by atoms with Gasteiger partial charge in [-0.15, -0.1) is 0 Å². The molecular formula is C19H28N4O3. The molecule has 0 aliphatic carbocycles. The van der Waals surface area contributed by atoms with Crippen molar-refractivity contribution in [3.05, 3.63) is 24.0 Å². The Morgan fingerprint density at radius 2 is 1.58 bits per heavy atom. The van der Waals surface area contributed by atoms with Crippen LogP contribution < -0.4 is 0 Å². The van der Waals surface area contributed by atoms with E-state index in [2.05, 4.69) is 0 Å². The van der Waals surface area contributed by atoms with Crippen LogP contribution in [0.1, 0.15) is 25.3 Å². The summed E-state index contributed by atoms with van der Waals surface area (Å²) in [5, 5.41) is 0. The van der Waals surface area contributed by atoms with Crippen molar-refractivity contribution in [3.63, 3.8) is 0 Å². The van der Waals surface area contributed by atoms with Crippen LogP contribution in [0.25, 0.3) is 0 Å². The van der Waals surface area contributed by atoms with Crippen LogP contribution in [0.2, 0.25) is 0 Å². The maximum Gasteiger partial charge on any atom is 0.227 e. The Balaban J connectivity index is 1.45. The van der Waals surface area contributed by atoms with Crippen molar-refractivity contribution >= 4 is 17.7 Å². The van der Waals surface area contributed by atoms with Crippen molar-refractivity contribution in [2.45, 2.75) is 26.2 Å². The average Bonchev–Trinajstić information content (AvgIpc) is 3.06. The highest BCUT2D eigenvalue weighted by atomic mass is 16.2.